The molecule has 5 rings (SSSR count). The topological polar surface area (TPSA) is 35.5 Å². The SMILES string of the molecule is Cc1cccc(OC(=O)O[C@H]2CC[C@@]3(C)C(=CC[C@@H]4[C@H]5CC[C@@H]([C@@H](C)CCCC(C)C)[C@]5(C)CC[C@H]43)C2)c1. The van der Waals surface area contributed by atoms with E-state index in [9.17, 15) is 4.79 Å². The van der Waals surface area contributed by atoms with Crippen LogP contribution in [0.5, 0.6) is 5.75 Å². The van der Waals surface area contributed by atoms with Crippen molar-refractivity contribution in [1.29, 1.82) is 0 Å². The van der Waals surface area contributed by atoms with Crippen molar-refractivity contribution in [2.45, 2.75) is 118 Å². The fraction of sp³-hybridized carbons (Fsp3) is 0.743. The van der Waals surface area contributed by atoms with Crippen LogP contribution in [0.4, 0.5) is 4.79 Å². The van der Waals surface area contributed by atoms with Crippen molar-refractivity contribution in [2.24, 2.45) is 46.3 Å². The third-order valence-electron chi connectivity index (χ3n) is 11.7. The zero-order valence-electron chi connectivity index (χ0n) is 24.9. The molecule has 210 valence electrons. The molecule has 1 aromatic rings. The zero-order chi connectivity index (χ0) is 27.1. The van der Waals surface area contributed by atoms with E-state index in [2.05, 4.69) is 40.7 Å². The van der Waals surface area contributed by atoms with E-state index in [1.165, 1.54) is 51.4 Å². The van der Waals surface area contributed by atoms with Crippen molar-refractivity contribution in [3.05, 3.63) is 41.5 Å². The number of rotatable bonds is 7. The van der Waals surface area contributed by atoms with Crippen molar-refractivity contribution in [1.82, 2.24) is 0 Å². The largest absolute Gasteiger partial charge is 0.514 e. The number of carbonyl (C=O) groups is 1. The van der Waals surface area contributed by atoms with Gasteiger partial charge in [0, 0.05) is 6.42 Å². The lowest BCUT2D eigenvalue weighted by molar-refractivity contribution is -0.0597. The Bertz CT molecular complexity index is 1030. The number of allylic oxidation sites excluding steroid dienone is 1. The van der Waals surface area contributed by atoms with Crippen molar-refractivity contribution < 1.29 is 14.3 Å². The van der Waals surface area contributed by atoms with Crippen LogP contribution in [0.3, 0.4) is 0 Å². The monoisotopic (exact) mass is 520 g/mol. The number of ether oxygens (including phenoxy) is 2. The van der Waals surface area contributed by atoms with Gasteiger partial charge < -0.3 is 9.47 Å². The Morgan fingerprint density at radius 3 is 2.61 bits per heavy atom. The molecule has 0 heterocycles. The van der Waals surface area contributed by atoms with Gasteiger partial charge in [0.2, 0.25) is 0 Å². The second-order valence-electron chi connectivity index (χ2n) is 14.4. The summed E-state index contributed by atoms with van der Waals surface area (Å²) in [7, 11) is 0. The molecule has 0 radical (unpaired) electrons. The Balaban J connectivity index is 1.22. The minimum absolute atomic E-state index is 0.0698. The molecule has 0 spiro atoms. The predicted molar refractivity (Wildman–Crippen MR) is 155 cm³/mol. The van der Waals surface area contributed by atoms with Gasteiger partial charge in [-0.3, -0.25) is 0 Å². The van der Waals surface area contributed by atoms with E-state index in [4.69, 9.17) is 9.47 Å². The first-order valence-electron chi connectivity index (χ1n) is 15.7. The molecule has 0 amide bonds. The molecule has 1 aromatic carbocycles. The summed E-state index contributed by atoms with van der Waals surface area (Å²) in [6.45, 7) is 14.5. The van der Waals surface area contributed by atoms with Crippen molar-refractivity contribution in [3.8, 4) is 5.75 Å². The molecular weight excluding hydrogens is 468 g/mol. The highest BCUT2D eigenvalue weighted by atomic mass is 16.7. The summed E-state index contributed by atoms with van der Waals surface area (Å²) in [5.41, 5.74) is 3.42. The summed E-state index contributed by atoms with van der Waals surface area (Å²) in [5, 5.41) is 0. The van der Waals surface area contributed by atoms with Crippen molar-refractivity contribution >= 4 is 6.16 Å². The van der Waals surface area contributed by atoms with Gasteiger partial charge in [-0.25, -0.2) is 4.79 Å². The molecular formula is C35H52O3. The summed E-state index contributed by atoms with van der Waals surface area (Å²) in [6, 6.07) is 7.59. The third-order valence-corrected chi connectivity index (χ3v) is 11.7. The molecule has 4 aliphatic carbocycles. The Hall–Kier alpha value is -1.77. The van der Waals surface area contributed by atoms with E-state index in [0.717, 1.165) is 60.3 Å². The lowest BCUT2D eigenvalue weighted by Crippen LogP contribution is -2.51. The van der Waals surface area contributed by atoms with Gasteiger partial charge in [0.15, 0.2) is 0 Å². The van der Waals surface area contributed by atoms with Crippen LogP contribution in [0.15, 0.2) is 35.9 Å². The second kappa shape index (κ2) is 11.0. The fourth-order valence-electron chi connectivity index (χ4n) is 9.69. The molecule has 0 aromatic heterocycles. The average Bonchev–Trinajstić information content (AvgIpc) is 3.21. The van der Waals surface area contributed by atoms with Crippen LogP contribution < -0.4 is 4.74 Å². The standard InChI is InChI=1S/C35H52O3/c1-23(2)9-7-11-25(4)30-15-16-31-29-14-13-26-22-28(38-33(36)37-27-12-8-10-24(3)21-27)17-19-34(26,5)32(29)18-20-35(30,31)6/h8,10,12-13,21,23,25,28-32H,7,9,11,14-20,22H2,1-6H3/t25-,28-,29+,30-,31+,32+,34-,35-/m0/s1. The van der Waals surface area contributed by atoms with Gasteiger partial charge >= 0.3 is 6.16 Å². The Morgan fingerprint density at radius 2 is 1.84 bits per heavy atom. The van der Waals surface area contributed by atoms with E-state index in [1.807, 2.05) is 31.2 Å². The number of fused-ring (bicyclic) bond motifs is 5. The lowest BCUT2D eigenvalue weighted by atomic mass is 9.47. The Morgan fingerprint density at radius 1 is 1.03 bits per heavy atom. The van der Waals surface area contributed by atoms with Crippen molar-refractivity contribution in [3.63, 3.8) is 0 Å². The van der Waals surface area contributed by atoms with E-state index in [1.54, 1.807) is 5.57 Å². The van der Waals surface area contributed by atoms with Crippen LogP contribution in [-0.2, 0) is 4.74 Å². The van der Waals surface area contributed by atoms with Crippen molar-refractivity contribution in [2.75, 3.05) is 0 Å². The molecule has 3 saturated carbocycles. The summed E-state index contributed by atoms with van der Waals surface area (Å²) < 4.78 is 11.3. The molecule has 3 nitrogen and oxygen atoms in total. The van der Waals surface area contributed by atoms with Crippen LogP contribution in [0.2, 0.25) is 0 Å². The van der Waals surface area contributed by atoms with Gasteiger partial charge in [-0.05, 0) is 116 Å². The van der Waals surface area contributed by atoms with Gasteiger partial charge in [0.05, 0.1) is 0 Å². The van der Waals surface area contributed by atoms with E-state index >= 15 is 0 Å². The Labute approximate surface area is 232 Å². The van der Waals surface area contributed by atoms with Crippen LogP contribution >= 0.6 is 0 Å². The van der Waals surface area contributed by atoms with Crippen LogP contribution in [-0.4, -0.2) is 12.3 Å². The maximum absolute atomic E-state index is 12.5. The molecule has 0 aliphatic heterocycles. The predicted octanol–water partition coefficient (Wildman–Crippen LogP) is 9.92. The minimum Gasteiger partial charge on any atom is -0.430 e. The second-order valence-corrected chi connectivity index (χ2v) is 14.4. The minimum atomic E-state index is -0.563. The molecule has 0 bridgehead atoms. The molecule has 0 unspecified atom stereocenters. The number of hydrogen-bond donors (Lipinski definition) is 0. The van der Waals surface area contributed by atoms with Gasteiger partial charge in [-0.2, -0.15) is 0 Å². The van der Waals surface area contributed by atoms with E-state index in [-0.39, 0.29) is 11.5 Å². The first-order chi connectivity index (χ1) is 18.1. The van der Waals surface area contributed by atoms with Gasteiger partial charge in [0.1, 0.15) is 11.9 Å². The highest BCUT2D eigenvalue weighted by Crippen LogP contribution is 2.67. The highest BCUT2D eigenvalue weighted by Gasteiger charge is 2.59. The summed E-state index contributed by atoms with van der Waals surface area (Å²) >= 11 is 0. The highest BCUT2D eigenvalue weighted by molar-refractivity contribution is 5.64. The summed E-state index contributed by atoms with van der Waals surface area (Å²) in [6.07, 6.45) is 16.0. The third kappa shape index (κ3) is 5.33. The first-order valence-corrected chi connectivity index (χ1v) is 15.7. The van der Waals surface area contributed by atoms with E-state index in [0.29, 0.717) is 11.2 Å². The normalized spacial score (nSPS) is 37.0. The molecule has 8 atom stereocenters. The lowest BCUT2D eigenvalue weighted by Gasteiger charge is -2.58. The maximum Gasteiger partial charge on any atom is 0.514 e. The molecule has 38 heavy (non-hydrogen) atoms. The van der Waals surface area contributed by atoms with E-state index < -0.39 is 6.16 Å². The van der Waals surface area contributed by atoms with Gasteiger partial charge in [-0.15, -0.1) is 0 Å². The number of aryl methyl sites for hydroxylation is 1. The fourth-order valence-corrected chi connectivity index (χ4v) is 9.69. The maximum atomic E-state index is 12.5. The molecule has 0 N–H and O–H groups in total. The number of benzene rings is 1. The smallest absolute Gasteiger partial charge is 0.430 e. The summed E-state index contributed by atoms with van der Waals surface area (Å²) in [4.78, 5) is 12.5. The summed E-state index contributed by atoms with van der Waals surface area (Å²) in [5.74, 6) is 5.65. The Kier molecular flexibility index (Phi) is 8.05. The van der Waals surface area contributed by atoms with Crippen LogP contribution in [0.1, 0.15) is 111 Å². The first kappa shape index (κ1) is 27.8. The molecule has 3 fully saturated rings. The van der Waals surface area contributed by atoms with Crippen LogP contribution in [0.25, 0.3) is 0 Å². The van der Waals surface area contributed by atoms with Crippen LogP contribution in [0, 0.1) is 53.3 Å². The molecule has 0 saturated heterocycles. The number of carbonyl (C=O) groups excluding carboxylic acids is 1. The zero-order valence-corrected chi connectivity index (χ0v) is 24.9. The van der Waals surface area contributed by atoms with Gasteiger partial charge in [0.25, 0.3) is 0 Å². The molecule has 3 heteroatoms. The molecule has 4 aliphatic rings. The number of hydrogen-bond acceptors (Lipinski definition) is 3. The van der Waals surface area contributed by atoms with Gasteiger partial charge in [-0.1, -0.05) is 77.7 Å². The average molecular weight is 521 g/mol. The quantitative estimate of drug-likeness (QED) is 0.204.